The fraction of sp³-hybridized carbons (Fsp3) is 0.442. The second-order valence-electron chi connectivity index (χ2n) is 18.7. The number of piperidine rings is 4. The van der Waals surface area contributed by atoms with Crippen LogP contribution in [0.2, 0.25) is 0 Å². The van der Waals surface area contributed by atoms with Crippen LogP contribution >= 0.6 is 0 Å². The largest absolute Gasteiger partial charge is 0.399 e. The number of nitrogens with one attached hydrogen (secondary N) is 2. The Morgan fingerprint density at radius 1 is 0.831 bits per heavy atom. The third-order valence-electron chi connectivity index (χ3n) is 14.5. The van der Waals surface area contributed by atoms with Gasteiger partial charge in [0.25, 0.3) is 5.91 Å². The number of rotatable bonds is 8. The summed E-state index contributed by atoms with van der Waals surface area (Å²) in [6, 6.07) is 22.9. The van der Waals surface area contributed by atoms with Crippen molar-refractivity contribution in [3.63, 3.8) is 0 Å². The van der Waals surface area contributed by atoms with Crippen molar-refractivity contribution in [1.29, 1.82) is 0 Å². The molecule has 4 amide bonds. The number of amides is 4. The van der Waals surface area contributed by atoms with Gasteiger partial charge in [0, 0.05) is 80.5 Å². The van der Waals surface area contributed by atoms with Crippen LogP contribution in [0.5, 0.6) is 0 Å². The lowest BCUT2D eigenvalue weighted by atomic mass is 9.90. The number of nitrogens with two attached hydrogens (primary N) is 1. The van der Waals surface area contributed by atoms with Gasteiger partial charge in [-0.05, 0) is 136 Å². The van der Waals surface area contributed by atoms with Crippen LogP contribution in [0.4, 0.5) is 11.4 Å². The van der Waals surface area contributed by atoms with Crippen molar-refractivity contribution < 1.29 is 19.2 Å². The molecule has 13 heteroatoms. The number of aromatic nitrogens is 2. The molecule has 1 unspecified atom stereocenters. The molecule has 5 aromatic rings. The second-order valence-corrected chi connectivity index (χ2v) is 18.7. The number of nitrogens with zero attached hydrogens (tertiary/aromatic N) is 5. The maximum absolute atomic E-state index is 13.7. The molecule has 338 valence electrons. The number of nitrogen functional groups attached to an aromatic ring is 1. The number of benzene rings is 4. The standard InChI is InChI=1S/C52H60N8O5/c1-33-8-12-39(53)30-44(33)49(62)54-34(2)41-14-11-37(42-6-4-5-7-43(41)42)10-9-35-18-24-57(25-19-35)32-36-20-26-59(27-21-36)51(64)38-22-28-58(29-23-38)40-13-15-45-47(31-40)56(3)52(65)60(45)46-16-17-48(61)55-50(46)63/h4-8,11-15,30-31,34-36,38,46H,16-29,32,53H2,1-3H3,(H,54,62)(H,55,61,63)/t34-,46?/m1/s1. The monoisotopic (exact) mass is 876 g/mol. The number of fused-ring (bicyclic) bond motifs is 2. The van der Waals surface area contributed by atoms with E-state index >= 15 is 0 Å². The van der Waals surface area contributed by atoms with Gasteiger partial charge < -0.3 is 25.8 Å². The van der Waals surface area contributed by atoms with Crippen LogP contribution in [0.1, 0.15) is 97.4 Å². The predicted molar refractivity (Wildman–Crippen MR) is 254 cm³/mol. The van der Waals surface area contributed by atoms with Gasteiger partial charge in [-0.1, -0.05) is 48.2 Å². The maximum Gasteiger partial charge on any atom is 0.329 e. The summed E-state index contributed by atoms with van der Waals surface area (Å²) in [5, 5.41) is 7.73. The first-order valence-corrected chi connectivity index (χ1v) is 23.4. The number of aryl methyl sites for hydroxylation is 2. The van der Waals surface area contributed by atoms with Crippen molar-refractivity contribution in [3.05, 3.63) is 106 Å². The molecule has 1 aromatic heterocycles. The molecular weight excluding hydrogens is 817 g/mol. The highest BCUT2D eigenvalue weighted by Crippen LogP contribution is 2.32. The number of carbonyl (C=O) groups excluding carboxylic acids is 4. The number of imide groups is 1. The van der Waals surface area contributed by atoms with E-state index in [1.54, 1.807) is 17.7 Å². The summed E-state index contributed by atoms with van der Waals surface area (Å²) in [5.41, 5.74) is 12.2. The van der Waals surface area contributed by atoms with Crippen molar-refractivity contribution in [3.8, 4) is 11.8 Å². The van der Waals surface area contributed by atoms with Crippen molar-refractivity contribution in [2.75, 3.05) is 56.4 Å². The molecule has 0 spiro atoms. The highest BCUT2D eigenvalue weighted by Gasteiger charge is 2.34. The molecule has 4 aliphatic rings. The van der Waals surface area contributed by atoms with Gasteiger partial charge in [-0.15, -0.1) is 0 Å². The van der Waals surface area contributed by atoms with E-state index in [1.165, 1.54) is 4.57 Å². The van der Waals surface area contributed by atoms with Crippen LogP contribution in [0.3, 0.4) is 0 Å². The maximum atomic E-state index is 13.7. The number of imidazole rings is 1. The average molecular weight is 877 g/mol. The Kier molecular flexibility index (Phi) is 12.6. The summed E-state index contributed by atoms with van der Waals surface area (Å²) in [6.45, 7) is 10.2. The fourth-order valence-corrected chi connectivity index (χ4v) is 10.6. The minimum absolute atomic E-state index is 0.0155. The highest BCUT2D eigenvalue weighted by molar-refractivity contribution is 6.00. The molecule has 0 radical (unpaired) electrons. The summed E-state index contributed by atoms with van der Waals surface area (Å²) >= 11 is 0. The molecule has 4 saturated heterocycles. The van der Waals surface area contributed by atoms with Crippen LogP contribution in [0.25, 0.3) is 21.8 Å². The van der Waals surface area contributed by atoms with E-state index in [4.69, 9.17) is 5.73 Å². The van der Waals surface area contributed by atoms with Crippen LogP contribution in [-0.4, -0.2) is 88.4 Å². The van der Waals surface area contributed by atoms with Crippen molar-refractivity contribution >= 4 is 56.8 Å². The summed E-state index contributed by atoms with van der Waals surface area (Å²) in [5.74, 6) is 7.50. The third kappa shape index (κ3) is 9.14. The SMILES string of the molecule is Cc1ccc(N)cc1C(=O)N[C@H](C)c1ccc(C#CC2CCN(CC3CCN(C(=O)C4CCN(c5ccc6c(c5)n(C)c(=O)n6C5CCC(=O)NC5=O)CC4)CC3)CC2)c2ccccc12. The summed E-state index contributed by atoms with van der Waals surface area (Å²) in [7, 11) is 1.71. The van der Waals surface area contributed by atoms with Gasteiger partial charge in [0.2, 0.25) is 17.7 Å². The second kappa shape index (κ2) is 18.6. The van der Waals surface area contributed by atoms with E-state index in [2.05, 4.69) is 61.4 Å². The molecule has 2 atom stereocenters. The van der Waals surface area contributed by atoms with E-state index < -0.39 is 11.9 Å². The first-order valence-electron chi connectivity index (χ1n) is 23.4. The van der Waals surface area contributed by atoms with Crippen LogP contribution in [0.15, 0.2) is 77.6 Å². The van der Waals surface area contributed by atoms with Crippen LogP contribution in [0, 0.1) is 36.5 Å². The van der Waals surface area contributed by atoms with Gasteiger partial charge in [-0.3, -0.25) is 33.6 Å². The lowest BCUT2D eigenvalue weighted by molar-refractivity contribution is -0.138. The zero-order chi connectivity index (χ0) is 45.4. The van der Waals surface area contributed by atoms with E-state index in [1.807, 2.05) is 56.3 Å². The lowest BCUT2D eigenvalue weighted by Crippen LogP contribution is -2.47. The first-order chi connectivity index (χ1) is 31.4. The van der Waals surface area contributed by atoms with Gasteiger partial charge in [0.1, 0.15) is 6.04 Å². The quantitative estimate of drug-likeness (QED) is 0.0965. The molecule has 4 aromatic carbocycles. The van der Waals surface area contributed by atoms with Crippen molar-refractivity contribution in [2.24, 2.45) is 24.8 Å². The zero-order valence-corrected chi connectivity index (χ0v) is 37.8. The Morgan fingerprint density at radius 3 is 2.31 bits per heavy atom. The number of likely N-dealkylation sites (tertiary alicyclic amines) is 2. The first kappa shape index (κ1) is 43.8. The molecule has 0 bridgehead atoms. The third-order valence-corrected chi connectivity index (χ3v) is 14.5. The van der Waals surface area contributed by atoms with Crippen molar-refractivity contribution in [2.45, 2.75) is 77.3 Å². The van der Waals surface area contributed by atoms with Gasteiger partial charge >= 0.3 is 5.69 Å². The molecule has 0 saturated carbocycles. The molecular formula is C52H60N8O5. The van der Waals surface area contributed by atoms with Gasteiger partial charge in [0.15, 0.2) is 0 Å². The van der Waals surface area contributed by atoms with Gasteiger partial charge in [-0.25, -0.2) is 4.79 Å². The smallest absolute Gasteiger partial charge is 0.329 e. The van der Waals surface area contributed by atoms with Crippen LogP contribution in [-0.2, 0) is 21.4 Å². The number of hydrogen-bond acceptors (Lipinski definition) is 8. The Labute approximate surface area is 380 Å². The Bertz CT molecular complexity index is 2770. The fourth-order valence-electron chi connectivity index (χ4n) is 10.6. The van der Waals surface area contributed by atoms with Gasteiger partial charge in [0.05, 0.1) is 17.1 Å². The van der Waals surface area contributed by atoms with E-state index in [-0.39, 0.29) is 41.8 Å². The van der Waals surface area contributed by atoms with E-state index in [9.17, 15) is 24.0 Å². The Balaban J connectivity index is 0.729. The summed E-state index contributed by atoms with van der Waals surface area (Å²) in [6.07, 6.45) is 6.25. The lowest BCUT2D eigenvalue weighted by Gasteiger charge is -2.39. The molecule has 4 N–H and O–H groups in total. The molecule has 0 aliphatic carbocycles. The molecule has 4 aliphatic heterocycles. The van der Waals surface area contributed by atoms with E-state index in [0.717, 1.165) is 123 Å². The van der Waals surface area contributed by atoms with Crippen molar-refractivity contribution in [1.82, 2.24) is 29.6 Å². The minimum Gasteiger partial charge on any atom is -0.399 e. The van der Waals surface area contributed by atoms with E-state index in [0.29, 0.717) is 35.0 Å². The summed E-state index contributed by atoms with van der Waals surface area (Å²) < 4.78 is 3.08. The predicted octanol–water partition coefficient (Wildman–Crippen LogP) is 6.07. The molecule has 13 nitrogen and oxygen atoms in total. The number of anilines is 2. The molecule has 9 rings (SSSR count). The normalized spacial score (nSPS) is 19.8. The van der Waals surface area contributed by atoms with Gasteiger partial charge in [-0.2, -0.15) is 0 Å². The molecule has 65 heavy (non-hydrogen) atoms. The minimum atomic E-state index is -0.712. The van der Waals surface area contributed by atoms with Crippen LogP contribution < -0.4 is 27.0 Å². The Morgan fingerprint density at radius 2 is 1.57 bits per heavy atom. The molecule has 4 fully saturated rings. The average Bonchev–Trinajstić information content (AvgIpc) is 3.56. The highest BCUT2D eigenvalue weighted by atomic mass is 16.2. The molecule has 5 heterocycles. The Hall–Kier alpha value is -6.39. The number of hydrogen-bond donors (Lipinski definition) is 3. The summed E-state index contributed by atoms with van der Waals surface area (Å²) in [4.78, 5) is 71.6. The number of carbonyl (C=O) groups is 4. The topological polar surface area (TPSA) is 155 Å². The zero-order valence-electron chi connectivity index (χ0n) is 37.8.